The Morgan fingerprint density at radius 3 is 2.71 bits per heavy atom. The molecule has 1 aliphatic carbocycles. The van der Waals surface area contributed by atoms with Gasteiger partial charge >= 0.3 is 16.4 Å². The third-order valence-corrected chi connectivity index (χ3v) is 4.83. The number of carbonyl (C=O) groups excluding carboxylic acids is 2. The topological polar surface area (TPSA) is 151 Å². The number of carbonyl (C=O) groups is 2. The fourth-order valence-electron chi connectivity index (χ4n) is 3.04. The number of fused-ring (bicyclic) bond motifs is 2. The van der Waals surface area contributed by atoms with Crippen LogP contribution in [-0.4, -0.2) is 66.1 Å². The molecule has 12 heteroatoms. The summed E-state index contributed by atoms with van der Waals surface area (Å²) in [5, 5.41) is 0.590. The van der Waals surface area contributed by atoms with Gasteiger partial charge in [-0.05, 0) is 31.6 Å². The minimum absolute atomic E-state index is 0.131. The van der Waals surface area contributed by atoms with Crippen LogP contribution >= 0.6 is 0 Å². The van der Waals surface area contributed by atoms with Gasteiger partial charge in [0.1, 0.15) is 6.04 Å². The van der Waals surface area contributed by atoms with Crippen LogP contribution in [0.15, 0.2) is 0 Å². The summed E-state index contributed by atoms with van der Waals surface area (Å²) in [5.74, 6) is -0.0675. The van der Waals surface area contributed by atoms with Gasteiger partial charge in [-0.2, -0.15) is 13.5 Å². The highest BCUT2D eigenvalue weighted by molar-refractivity contribution is 7.80. The summed E-state index contributed by atoms with van der Waals surface area (Å²) in [6.07, 6.45) is 2.81. The molecular weight excluding hydrogens is 344 g/mol. The number of amides is 3. The number of nitrogens with one attached hydrogen (secondary N) is 1. The number of nitrogens with two attached hydrogens (primary N) is 1. The zero-order valence-electron chi connectivity index (χ0n) is 12.8. The first-order chi connectivity index (χ1) is 11.3. The molecule has 1 unspecified atom stereocenters. The van der Waals surface area contributed by atoms with E-state index in [-0.39, 0.29) is 19.2 Å². The lowest BCUT2D eigenvalue weighted by Gasteiger charge is -2.29. The number of hydrogen-bond acceptors (Lipinski definition) is 7. The average molecular weight is 364 g/mol. The Kier molecular flexibility index (Phi) is 4.66. The highest BCUT2D eigenvalue weighted by Gasteiger charge is 2.49. The number of piperidine rings is 1. The van der Waals surface area contributed by atoms with Gasteiger partial charge in [0.2, 0.25) is 0 Å². The number of nitrogens with zero attached hydrogens (tertiary/aromatic N) is 2. The quantitative estimate of drug-likeness (QED) is 0.375. The molecule has 1 saturated carbocycles. The first-order valence-corrected chi connectivity index (χ1v) is 9.07. The Balaban J connectivity index is 1.54. The van der Waals surface area contributed by atoms with E-state index in [2.05, 4.69) is 9.76 Å². The number of urea groups is 1. The molecule has 2 saturated heterocycles. The molecule has 4 N–H and O–H groups in total. The smallest absolute Gasteiger partial charge is 0.325 e. The molecule has 11 nitrogen and oxygen atoms in total. The molecule has 0 aromatic heterocycles. The van der Waals surface area contributed by atoms with Gasteiger partial charge in [0.25, 0.3) is 5.91 Å². The fraction of sp³-hybridized carbons (Fsp3) is 0.833. The molecule has 2 bridgehead atoms. The Labute approximate surface area is 138 Å². The van der Waals surface area contributed by atoms with E-state index in [4.69, 9.17) is 15.1 Å². The molecule has 3 atom stereocenters. The SMILES string of the molecule is NC(CONC(=O)[C@@H]1CC[C@@H]2CN1C(=O)N2OS(=O)(=O)O)C1CC1. The highest BCUT2D eigenvalue weighted by atomic mass is 32.3. The lowest BCUT2D eigenvalue weighted by Crippen LogP contribution is -2.50. The van der Waals surface area contributed by atoms with Crippen molar-refractivity contribution in [2.75, 3.05) is 13.2 Å². The van der Waals surface area contributed by atoms with Crippen LogP contribution in [0.2, 0.25) is 0 Å². The van der Waals surface area contributed by atoms with Gasteiger partial charge in [-0.25, -0.2) is 10.3 Å². The molecule has 0 radical (unpaired) electrons. The van der Waals surface area contributed by atoms with E-state index in [1.54, 1.807) is 0 Å². The Bertz CT molecular complexity index is 623. The number of hydroxylamine groups is 3. The van der Waals surface area contributed by atoms with E-state index in [0.717, 1.165) is 12.8 Å². The summed E-state index contributed by atoms with van der Waals surface area (Å²) >= 11 is 0. The molecule has 0 aromatic rings. The predicted octanol–water partition coefficient (Wildman–Crippen LogP) is -1.23. The zero-order valence-corrected chi connectivity index (χ0v) is 13.6. The van der Waals surface area contributed by atoms with Crippen LogP contribution < -0.4 is 11.2 Å². The third-order valence-electron chi connectivity index (χ3n) is 4.48. The summed E-state index contributed by atoms with van der Waals surface area (Å²) < 4.78 is 34.6. The first kappa shape index (κ1) is 17.4. The van der Waals surface area contributed by atoms with Crippen molar-refractivity contribution < 1.29 is 31.7 Å². The maximum atomic E-state index is 12.2. The molecule has 0 aromatic carbocycles. The van der Waals surface area contributed by atoms with Gasteiger partial charge in [0.05, 0.1) is 12.6 Å². The zero-order chi connectivity index (χ0) is 17.5. The molecule has 3 fully saturated rings. The van der Waals surface area contributed by atoms with E-state index >= 15 is 0 Å². The van der Waals surface area contributed by atoms with E-state index in [1.165, 1.54) is 4.90 Å². The standard InChI is InChI=1S/C12H20N4O7S/c13-9(7-1-2-7)6-22-14-11(17)10-4-3-8-5-15(10)12(18)16(8)23-24(19,20)21/h7-10H,1-6,13H2,(H,14,17)(H,19,20,21)/t8-,9?,10+/m1/s1. The van der Waals surface area contributed by atoms with Crippen LogP contribution in [0.5, 0.6) is 0 Å². The molecule has 3 aliphatic rings. The minimum Gasteiger partial charge on any atom is -0.325 e. The Morgan fingerprint density at radius 1 is 1.38 bits per heavy atom. The number of rotatable bonds is 7. The lowest BCUT2D eigenvalue weighted by atomic mass is 10.0. The average Bonchev–Trinajstić information content (AvgIpc) is 3.32. The maximum Gasteiger partial charge on any atom is 0.418 e. The van der Waals surface area contributed by atoms with Gasteiger partial charge < -0.3 is 10.6 Å². The summed E-state index contributed by atoms with van der Waals surface area (Å²) in [5.41, 5.74) is 8.15. The van der Waals surface area contributed by atoms with E-state index in [1.807, 2.05) is 0 Å². The Hall–Kier alpha value is -1.47. The second-order valence-corrected chi connectivity index (χ2v) is 7.29. The largest absolute Gasteiger partial charge is 0.418 e. The van der Waals surface area contributed by atoms with E-state index in [0.29, 0.717) is 23.8 Å². The van der Waals surface area contributed by atoms with Crippen LogP contribution in [0.1, 0.15) is 25.7 Å². The van der Waals surface area contributed by atoms with Crippen molar-refractivity contribution in [1.29, 1.82) is 0 Å². The predicted molar refractivity (Wildman–Crippen MR) is 78.2 cm³/mol. The third kappa shape index (κ3) is 3.78. The van der Waals surface area contributed by atoms with Gasteiger partial charge in [0.15, 0.2) is 0 Å². The summed E-state index contributed by atoms with van der Waals surface area (Å²) in [6.45, 7) is 0.325. The fourth-order valence-corrected chi connectivity index (χ4v) is 3.43. The maximum absolute atomic E-state index is 12.2. The van der Waals surface area contributed by atoms with Crippen molar-refractivity contribution >= 4 is 22.3 Å². The van der Waals surface area contributed by atoms with Crippen LogP contribution in [0.4, 0.5) is 4.79 Å². The van der Waals surface area contributed by atoms with Gasteiger partial charge in [-0.1, -0.05) is 0 Å². The van der Waals surface area contributed by atoms with Crippen LogP contribution in [0.25, 0.3) is 0 Å². The van der Waals surface area contributed by atoms with Crippen molar-refractivity contribution in [3.8, 4) is 0 Å². The van der Waals surface area contributed by atoms with Gasteiger partial charge in [0, 0.05) is 12.6 Å². The molecule has 2 heterocycles. The van der Waals surface area contributed by atoms with Crippen LogP contribution in [-0.2, 0) is 24.3 Å². The molecule has 2 aliphatic heterocycles. The highest BCUT2D eigenvalue weighted by Crippen LogP contribution is 2.32. The first-order valence-electron chi connectivity index (χ1n) is 7.70. The molecule has 136 valence electrons. The van der Waals surface area contributed by atoms with E-state index < -0.39 is 34.4 Å². The summed E-state index contributed by atoms with van der Waals surface area (Å²) in [7, 11) is -4.80. The van der Waals surface area contributed by atoms with Crippen molar-refractivity contribution in [1.82, 2.24) is 15.4 Å². The van der Waals surface area contributed by atoms with Crippen LogP contribution in [0.3, 0.4) is 0 Å². The normalized spacial score (nSPS) is 28.2. The molecule has 3 amide bonds. The second kappa shape index (κ2) is 6.44. The van der Waals surface area contributed by atoms with Crippen molar-refractivity contribution in [2.24, 2.45) is 11.7 Å². The van der Waals surface area contributed by atoms with Crippen molar-refractivity contribution in [3.63, 3.8) is 0 Å². The minimum atomic E-state index is -4.80. The van der Waals surface area contributed by atoms with E-state index in [9.17, 15) is 18.0 Å². The molecule has 24 heavy (non-hydrogen) atoms. The summed E-state index contributed by atoms with van der Waals surface area (Å²) in [4.78, 5) is 30.7. The molecule has 0 spiro atoms. The van der Waals surface area contributed by atoms with Crippen molar-refractivity contribution in [3.05, 3.63) is 0 Å². The molecular formula is C12H20N4O7S. The van der Waals surface area contributed by atoms with Crippen molar-refractivity contribution in [2.45, 2.75) is 43.8 Å². The lowest BCUT2D eigenvalue weighted by molar-refractivity contribution is -0.139. The van der Waals surface area contributed by atoms with Gasteiger partial charge in [-0.3, -0.25) is 14.2 Å². The monoisotopic (exact) mass is 364 g/mol. The number of hydrogen-bond donors (Lipinski definition) is 3. The van der Waals surface area contributed by atoms with Gasteiger partial charge in [-0.15, -0.1) is 4.28 Å². The molecule has 3 rings (SSSR count). The second-order valence-electron chi connectivity index (χ2n) is 6.29. The Morgan fingerprint density at radius 2 is 2.08 bits per heavy atom. The summed E-state index contributed by atoms with van der Waals surface area (Å²) in [6, 6.07) is -2.24. The van der Waals surface area contributed by atoms with Crippen LogP contribution in [0, 0.1) is 5.92 Å².